The molecule has 0 aromatic heterocycles. The molecule has 0 saturated heterocycles. The highest BCUT2D eigenvalue weighted by atomic mass is 32.2. The molecule has 0 fully saturated rings. The number of unbranched alkanes of at least 4 members (excludes halogenated alkanes) is 14. The van der Waals surface area contributed by atoms with Gasteiger partial charge in [0.05, 0.1) is 6.61 Å². The maximum atomic E-state index is 11.7. The van der Waals surface area contributed by atoms with Crippen molar-refractivity contribution in [3.05, 3.63) is 0 Å². The topological polar surface area (TPSA) is 82.1 Å². The smallest absolute Gasteiger partial charge is 0.474 e. The van der Waals surface area contributed by atoms with E-state index in [0.717, 1.165) is 18.6 Å². The summed E-state index contributed by atoms with van der Waals surface area (Å²) in [5.41, 5.74) is -2.25. The maximum Gasteiger partial charge on any atom is 0.497 e. The lowest BCUT2D eigenvalue weighted by Crippen LogP contribution is -2.41. The first-order valence-corrected chi connectivity index (χ1v) is 16.7. The van der Waals surface area contributed by atoms with Gasteiger partial charge in [0.2, 0.25) is 0 Å². The molecule has 0 saturated carbocycles. The number of carbonyl (C=O) groups is 1. The van der Waals surface area contributed by atoms with Gasteiger partial charge < -0.3 is 5.11 Å². The zero-order valence-corrected chi connectivity index (χ0v) is 25.5. The summed E-state index contributed by atoms with van der Waals surface area (Å²) < 4.78 is 17.0. The average Bonchev–Trinajstić information content (AvgIpc) is 2.88. The standard InChI is InChI=1S/C28H55O6PS/c1-5-8-10-12-14-15-17-19-21-24-36-26(22-20-18-16-13-11-9-6-2)25(4)33-34-28(35-31,27(29)30)32-23-7-3/h25-26H,5-24H2,1-4H3,(H,29,30)/p+1. The van der Waals surface area contributed by atoms with Crippen LogP contribution in [0.2, 0.25) is 0 Å². The molecule has 0 aromatic carbocycles. The molecule has 6 nitrogen and oxygen atoms in total. The quantitative estimate of drug-likeness (QED) is 0.0341. The number of hydrogen-bond donors (Lipinski definition) is 1. The molecule has 0 amide bonds. The lowest BCUT2D eigenvalue weighted by molar-refractivity contribution is -0.402. The number of hydrogen-bond acceptors (Lipinski definition) is 6. The summed E-state index contributed by atoms with van der Waals surface area (Å²) in [5, 5.41) is 9.74. The zero-order valence-electron chi connectivity index (χ0n) is 23.7. The largest absolute Gasteiger partial charge is 0.497 e. The van der Waals surface area contributed by atoms with Crippen molar-refractivity contribution in [1.82, 2.24) is 0 Å². The fourth-order valence-electron chi connectivity index (χ4n) is 4.07. The molecular weight excluding hydrogens is 495 g/mol. The third-order valence-corrected chi connectivity index (χ3v) is 8.72. The highest BCUT2D eigenvalue weighted by Gasteiger charge is 2.54. The van der Waals surface area contributed by atoms with Gasteiger partial charge in [-0.15, -0.1) is 4.89 Å². The van der Waals surface area contributed by atoms with Gasteiger partial charge in [0, 0.05) is 5.25 Å². The van der Waals surface area contributed by atoms with Gasteiger partial charge in [-0.3, -0.25) is 4.74 Å². The van der Waals surface area contributed by atoms with Gasteiger partial charge >= 0.3 is 20.0 Å². The fourth-order valence-corrected chi connectivity index (χ4v) is 5.72. The molecule has 0 aromatic rings. The summed E-state index contributed by atoms with van der Waals surface area (Å²) in [4.78, 5) is 22.5. The Morgan fingerprint density at radius 1 is 0.806 bits per heavy atom. The summed E-state index contributed by atoms with van der Waals surface area (Å²) in [6, 6.07) is 0. The fraction of sp³-hybridized carbons (Fsp3) is 0.964. The number of carboxylic acids is 1. The molecule has 36 heavy (non-hydrogen) atoms. The second kappa shape index (κ2) is 25.1. The second-order valence-corrected chi connectivity index (χ2v) is 12.1. The second-order valence-electron chi connectivity index (χ2n) is 9.90. The molecule has 4 atom stereocenters. The average molecular weight is 552 g/mol. The Hall–Kier alpha value is -0.200. The van der Waals surface area contributed by atoms with E-state index in [1.54, 1.807) is 0 Å². The highest BCUT2D eigenvalue weighted by Crippen LogP contribution is 2.31. The predicted octanol–water partition coefficient (Wildman–Crippen LogP) is 9.29. The first-order valence-electron chi connectivity index (χ1n) is 14.7. The van der Waals surface area contributed by atoms with Crippen LogP contribution < -0.4 is 0 Å². The van der Waals surface area contributed by atoms with Crippen LogP contribution in [0.25, 0.3) is 0 Å². The molecule has 8 heteroatoms. The van der Waals surface area contributed by atoms with E-state index < -0.39 is 20.0 Å². The predicted molar refractivity (Wildman–Crippen MR) is 153 cm³/mol. The van der Waals surface area contributed by atoms with Crippen LogP contribution in [0.3, 0.4) is 0 Å². The van der Waals surface area contributed by atoms with Gasteiger partial charge in [-0.1, -0.05) is 122 Å². The minimum atomic E-state index is -2.25. The summed E-state index contributed by atoms with van der Waals surface area (Å²) in [6.07, 6.45) is 21.8. The molecule has 0 aliphatic rings. The first-order chi connectivity index (χ1) is 17.5. The normalized spacial score (nSPS) is 15.1. The zero-order chi connectivity index (χ0) is 26.9. The van der Waals surface area contributed by atoms with E-state index in [0.29, 0.717) is 6.42 Å². The molecule has 0 heterocycles. The third kappa shape index (κ3) is 18.1. The van der Waals surface area contributed by atoms with Crippen molar-refractivity contribution in [3.63, 3.8) is 0 Å². The highest BCUT2D eigenvalue weighted by molar-refractivity contribution is 7.99. The third-order valence-electron chi connectivity index (χ3n) is 6.44. The van der Waals surface area contributed by atoms with Gasteiger partial charge in [-0.25, -0.2) is 9.68 Å². The number of carboxylic acid groups (broad SMARTS) is 1. The van der Waals surface area contributed by atoms with Crippen molar-refractivity contribution in [2.24, 2.45) is 0 Å². The summed E-state index contributed by atoms with van der Waals surface area (Å²) in [7, 11) is -1.32. The molecule has 0 aliphatic heterocycles. The molecule has 0 rings (SSSR count). The van der Waals surface area contributed by atoms with Gasteiger partial charge in [-0.05, 0) is 31.9 Å². The molecular formula is C28H56O6PS+. The number of ether oxygens (including phenoxy) is 1. The van der Waals surface area contributed by atoms with Crippen LogP contribution in [0.5, 0.6) is 0 Å². The van der Waals surface area contributed by atoms with Crippen molar-refractivity contribution in [2.45, 2.75) is 160 Å². The first kappa shape index (κ1) is 35.8. The summed E-state index contributed by atoms with van der Waals surface area (Å²) in [5.74, 6) is -0.368. The van der Waals surface area contributed by atoms with Crippen molar-refractivity contribution in [2.75, 3.05) is 12.4 Å². The van der Waals surface area contributed by atoms with Crippen LogP contribution in [0.4, 0.5) is 0 Å². The number of thioether (sulfide) groups is 1. The van der Waals surface area contributed by atoms with Crippen LogP contribution in [0.1, 0.15) is 143 Å². The molecule has 0 bridgehead atoms. The van der Waals surface area contributed by atoms with Crippen LogP contribution in [-0.2, 0) is 23.9 Å². The van der Waals surface area contributed by atoms with Crippen LogP contribution in [0.15, 0.2) is 0 Å². The SMILES string of the molecule is CCCCCCCCCCCSC(CCCCCCCCC)C(C)OOC(OCCC)([PH+]=O)C(=O)O. The summed E-state index contributed by atoms with van der Waals surface area (Å²) >= 11 is 1.89. The molecule has 1 N–H and O–H groups in total. The minimum Gasteiger partial charge on any atom is -0.474 e. The van der Waals surface area contributed by atoms with Crippen LogP contribution in [-0.4, -0.2) is 40.3 Å². The van der Waals surface area contributed by atoms with Crippen molar-refractivity contribution < 1.29 is 29.0 Å². The molecule has 214 valence electrons. The van der Waals surface area contributed by atoms with E-state index in [4.69, 9.17) is 14.5 Å². The summed E-state index contributed by atoms with van der Waals surface area (Å²) in [6.45, 7) is 8.39. The van der Waals surface area contributed by atoms with Crippen molar-refractivity contribution in [1.29, 1.82) is 0 Å². The maximum absolute atomic E-state index is 11.7. The monoisotopic (exact) mass is 551 g/mol. The molecule has 4 unspecified atom stereocenters. The van der Waals surface area contributed by atoms with Gasteiger partial charge in [0.15, 0.2) is 0 Å². The Bertz CT molecular complexity index is 524. The Morgan fingerprint density at radius 2 is 1.31 bits per heavy atom. The lowest BCUT2D eigenvalue weighted by atomic mass is 10.1. The van der Waals surface area contributed by atoms with Crippen LogP contribution in [0, 0.1) is 0 Å². The van der Waals surface area contributed by atoms with E-state index in [1.165, 1.54) is 96.3 Å². The Labute approximate surface area is 227 Å². The Balaban J connectivity index is 4.60. The Morgan fingerprint density at radius 3 is 1.78 bits per heavy atom. The van der Waals surface area contributed by atoms with Gasteiger partial charge in [0.1, 0.15) is 6.10 Å². The number of rotatable bonds is 28. The van der Waals surface area contributed by atoms with E-state index in [-0.39, 0.29) is 18.0 Å². The van der Waals surface area contributed by atoms with E-state index in [2.05, 4.69) is 13.8 Å². The van der Waals surface area contributed by atoms with E-state index >= 15 is 0 Å². The van der Waals surface area contributed by atoms with Gasteiger partial charge in [-0.2, -0.15) is 11.8 Å². The molecule has 0 spiro atoms. The Kier molecular flexibility index (Phi) is 25.0. The van der Waals surface area contributed by atoms with E-state index in [9.17, 15) is 14.5 Å². The minimum absolute atomic E-state index is 0.133. The van der Waals surface area contributed by atoms with E-state index in [1.807, 2.05) is 25.6 Å². The van der Waals surface area contributed by atoms with Crippen molar-refractivity contribution >= 4 is 26.2 Å². The van der Waals surface area contributed by atoms with Crippen LogP contribution >= 0.6 is 20.2 Å². The number of aliphatic carboxylic acids is 1. The lowest BCUT2D eigenvalue weighted by Gasteiger charge is -2.25. The van der Waals surface area contributed by atoms with Gasteiger partial charge in [0.25, 0.3) is 0 Å². The molecule has 0 radical (unpaired) electrons. The van der Waals surface area contributed by atoms with Crippen molar-refractivity contribution in [3.8, 4) is 0 Å². The molecule has 0 aliphatic carbocycles.